The van der Waals surface area contributed by atoms with Crippen LogP contribution in [0, 0.1) is 25.5 Å². The molecule has 2 rings (SSSR count). The molecule has 2 N–H and O–H groups in total. The van der Waals surface area contributed by atoms with Gasteiger partial charge in [-0.1, -0.05) is 22.0 Å². The van der Waals surface area contributed by atoms with Crippen LogP contribution in [-0.2, 0) is 0 Å². The lowest BCUT2D eigenvalue weighted by Gasteiger charge is -2.12. The number of hydrogen-bond acceptors (Lipinski definition) is 2. The molecule has 0 unspecified atom stereocenters. The van der Waals surface area contributed by atoms with Crippen molar-refractivity contribution in [3.05, 3.63) is 57.1 Å². The number of nitrogens with one attached hydrogen (secondary N) is 1. The first-order valence-corrected chi connectivity index (χ1v) is 6.85. The normalized spacial score (nSPS) is 10.5. The molecule has 0 aromatic heterocycles. The Bertz CT molecular complexity index is 709. The van der Waals surface area contributed by atoms with Crippen molar-refractivity contribution in [2.45, 2.75) is 13.8 Å². The van der Waals surface area contributed by atoms with Gasteiger partial charge in [0.2, 0.25) is 0 Å². The Hall–Kier alpha value is -1.95. The number of aromatic hydroxyl groups is 1. The van der Waals surface area contributed by atoms with Crippen LogP contribution in [0.3, 0.4) is 0 Å². The number of rotatable bonds is 2. The molecule has 0 saturated carbocycles. The van der Waals surface area contributed by atoms with Crippen molar-refractivity contribution >= 4 is 27.5 Å². The number of benzene rings is 2. The minimum absolute atomic E-state index is 0.0320. The van der Waals surface area contributed by atoms with E-state index < -0.39 is 23.1 Å². The predicted octanol–water partition coefficient (Wildman–Crippen LogP) is 4.30. The summed E-state index contributed by atoms with van der Waals surface area (Å²) >= 11 is 2.95. The molecule has 0 radical (unpaired) electrons. The van der Waals surface area contributed by atoms with Crippen LogP contribution >= 0.6 is 15.9 Å². The maximum atomic E-state index is 13.7. The lowest BCUT2D eigenvalue weighted by atomic mass is 10.1. The number of aryl methyl sites for hydroxylation is 1. The van der Waals surface area contributed by atoms with E-state index in [2.05, 4.69) is 21.2 Å². The van der Waals surface area contributed by atoms with Gasteiger partial charge in [-0.3, -0.25) is 4.79 Å². The van der Waals surface area contributed by atoms with Crippen LogP contribution in [0.2, 0.25) is 0 Å². The summed E-state index contributed by atoms with van der Waals surface area (Å²) < 4.78 is 27.7. The molecule has 0 aliphatic carbocycles. The number of carbonyl (C=O) groups excluding carboxylic acids is 1. The third-order valence-electron chi connectivity index (χ3n) is 3.11. The van der Waals surface area contributed by atoms with Crippen molar-refractivity contribution in [3.8, 4) is 5.75 Å². The van der Waals surface area contributed by atoms with Crippen LogP contribution in [0.4, 0.5) is 14.5 Å². The Morgan fingerprint density at radius 2 is 1.76 bits per heavy atom. The summed E-state index contributed by atoms with van der Waals surface area (Å²) in [5.74, 6) is -2.81. The van der Waals surface area contributed by atoms with Gasteiger partial charge in [0.1, 0.15) is 22.9 Å². The van der Waals surface area contributed by atoms with E-state index in [0.29, 0.717) is 16.8 Å². The molecule has 0 saturated heterocycles. The number of carbonyl (C=O) groups is 1. The van der Waals surface area contributed by atoms with E-state index in [-0.39, 0.29) is 10.2 Å². The average Bonchev–Trinajstić information content (AvgIpc) is 2.38. The first-order valence-electron chi connectivity index (χ1n) is 6.06. The van der Waals surface area contributed by atoms with Gasteiger partial charge in [0.05, 0.1) is 0 Å². The molecular weight excluding hydrogens is 344 g/mol. The van der Waals surface area contributed by atoms with Crippen molar-refractivity contribution in [3.63, 3.8) is 0 Å². The summed E-state index contributed by atoms with van der Waals surface area (Å²) in [6.07, 6.45) is 0. The minimum Gasteiger partial charge on any atom is -0.507 e. The van der Waals surface area contributed by atoms with Gasteiger partial charge in [-0.2, -0.15) is 0 Å². The van der Waals surface area contributed by atoms with Gasteiger partial charge in [-0.05, 0) is 37.6 Å². The Morgan fingerprint density at radius 1 is 1.19 bits per heavy atom. The molecular formula is C15H12BrF2NO2. The van der Waals surface area contributed by atoms with Crippen molar-refractivity contribution < 1.29 is 18.7 Å². The first kappa shape index (κ1) is 15.4. The number of amides is 1. The van der Waals surface area contributed by atoms with Gasteiger partial charge in [0, 0.05) is 15.7 Å². The molecule has 0 bridgehead atoms. The Morgan fingerprint density at radius 3 is 2.33 bits per heavy atom. The SMILES string of the molecule is Cc1ccc(NC(=O)c2c(F)cc(Br)cc2F)c(C)c1O. The standard InChI is InChI=1S/C15H12BrF2NO2/c1-7-3-4-12(8(2)14(7)20)19-15(21)13-10(17)5-9(16)6-11(13)18/h3-6,20H,1-2H3,(H,19,21). The Labute approximate surface area is 128 Å². The summed E-state index contributed by atoms with van der Waals surface area (Å²) in [7, 11) is 0. The zero-order chi connectivity index (χ0) is 15.7. The number of halogens is 3. The molecule has 6 heteroatoms. The third-order valence-corrected chi connectivity index (χ3v) is 3.57. The maximum Gasteiger partial charge on any atom is 0.261 e. The molecule has 2 aromatic rings. The number of anilines is 1. The highest BCUT2D eigenvalue weighted by molar-refractivity contribution is 9.10. The van der Waals surface area contributed by atoms with Crippen LogP contribution < -0.4 is 5.32 Å². The molecule has 0 fully saturated rings. The Kier molecular flexibility index (Phi) is 4.27. The van der Waals surface area contributed by atoms with Gasteiger partial charge >= 0.3 is 0 Å². The van der Waals surface area contributed by atoms with Gasteiger partial charge in [-0.15, -0.1) is 0 Å². The summed E-state index contributed by atoms with van der Waals surface area (Å²) in [6, 6.07) is 5.19. The predicted molar refractivity (Wildman–Crippen MR) is 79.6 cm³/mol. The van der Waals surface area contributed by atoms with Crippen LogP contribution in [0.25, 0.3) is 0 Å². The fraction of sp³-hybridized carbons (Fsp3) is 0.133. The summed E-state index contributed by atoms with van der Waals surface area (Å²) in [5, 5.41) is 12.2. The fourth-order valence-corrected chi connectivity index (χ4v) is 2.32. The van der Waals surface area contributed by atoms with E-state index in [9.17, 15) is 18.7 Å². The quantitative estimate of drug-likeness (QED) is 0.843. The van der Waals surface area contributed by atoms with Crippen molar-refractivity contribution in [1.82, 2.24) is 0 Å². The van der Waals surface area contributed by atoms with Gasteiger partial charge < -0.3 is 10.4 Å². The number of phenolic OH excluding ortho intramolecular Hbond substituents is 1. The van der Waals surface area contributed by atoms with Gasteiger partial charge in [0.15, 0.2) is 0 Å². The van der Waals surface area contributed by atoms with Crippen LogP contribution in [0.1, 0.15) is 21.5 Å². The van der Waals surface area contributed by atoms with Crippen LogP contribution in [-0.4, -0.2) is 11.0 Å². The molecule has 0 heterocycles. The molecule has 21 heavy (non-hydrogen) atoms. The van der Waals surface area contributed by atoms with Crippen molar-refractivity contribution in [1.29, 1.82) is 0 Å². The summed E-state index contributed by atoms with van der Waals surface area (Å²) in [4.78, 5) is 12.0. The molecule has 0 aliphatic rings. The second kappa shape index (κ2) is 5.81. The molecule has 0 spiro atoms. The molecule has 1 amide bonds. The van der Waals surface area contributed by atoms with Gasteiger partial charge in [0.25, 0.3) is 5.91 Å². The highest BCUT2D eigenvalue weighted by atomic mass is 79.9. The molecule has 0 aliphatic heterocycles. The molecule has 2 aromatic carbocycles. The first-order chi connectivity index (χ1) is 9.81. The van der Waals surface area contributed by atoms with Crippen molar-refractivity contribution in [2.75, 3.05) is 5.32 Å². The van der Waals surface area contributed by atoms with Crippen LogP contribution in [0.5, 0.6) is 5.75 Å². The largest absolute Gasteiger partial charge is 0.507 e. The molecule has 110 valence electrons. The monoisotopic (exact) mass is 355 g/mol. The Balaban J connectivity index is 2.38. The van der Waals surface area contributed by atoms with E-state index in [1.165, 1.54) is 0 Å². The minimum atomic E-state index is -0.964. The third kappa shape index (κ3) is 3.05. The van der Waals surface area contributed by atoms with E-state index in [0.717, 1.165) is 12.1 Å². The van der Waals surface area contributed by atoms with E-state index in [4.69, 9.17) is 0 Å². The van der Waals surface area contributed by atoms with E-state index in [1.54, 1.807) is 26.0 Å². The highest BCUT2D eigenvalue weighted by Crippen LogP contribution is 2.29. The fourth-order valence-electron chi connectivity index (χ4n) is 1.91. The number of hydrogen-bond donors (Lipinski definition) is 2. The zero-order valence-corrected chi connectivity index (χ0v) is 12.9. The lowest BCUT2D eigenvalue weighted by Crippen LogP contribution is -2.16. The summed E-state index contributed by atoms with van der Waals surface area (Å²) in [6.45, 7) is 3.31. The second-order valence-electron chi connectivity index (χ2n) is 4.60. The average molecular weight is 356 g/mol. The summed E-state index contributed by atoms with van der Waals surface area (Å²) in [5.41, 5.74) is 0.704. The number of phenols is 1. The topological polar surface area (TPSA) is 49.3 Å². The maximum absolute atomic E-state index is 13.7. The molecule has 3 nitrogen and oxygen atoms in total. The van der Waals surface area contributed by atoms with Crippen molar-refractivity contribution in [2.24, 2.45) is 0 Å². The van der Waals surface area contributed by atoms with E-state index >= 15 is 0 Å². The zero-order valence-electron chi connectivity index (χ0n) is 11.3. The van der Waals surface area contributed by atoms with Crippen LogP contribution in [0.15, 0.2) is 28.7 Å². The second-order valence-corrected chi connectivity index (χ2v) is 5.52. The van der Waals surface area contributed by atoms with Gasteiger partial charge in [-0.25, -0.2) is 8.78 Å². The van der Waals surface area contributed by atoms with E-state index in [1.807, 2.05) is 0 Å². The highest BCUT2D eigenvalue weighted by Gasteiger charge is 2.19. The lowest BCUT2D eigenvalue weighted by molar-refractivity contribution is 0.101. The molecule has 0 atom stereocenters. The smallest absolute Gasteiger partial charge is 0.261 e.